The molecule has 0 saturated carbocycles. The third kappa shape index (κ3) is 3.93. The van der Waals surface area contributed by atoms with Crippen LogP contribution in [0.1, 0.15) is 41.7 Å². The first-order valence-electron chi connectivity index (χ1n) is 8.68. The molecule has 0 aromatic carbocycles. The number of ether oxygens (including phenoxy) is 1. The predicted molar refractivity (Wildman–Crippen MR) is 94.5 cm³/mol. The van der Waals surface area contributed by atoms with Gasteiger partial charge >= 0.3 is 0 Å². The summed E-state index contributed by atoms with van der Waals surface area (Å²) in [7, 11) is 2.10. The van der Waals surface area contributed by atoms with Crippen molar-refractivity contribution in [1.82, 2.24) is 19.7 Å². The highest BCUT2D eigenvalue weighted by molar-refractivity contribution is 5.39. The van der Waals surface area contributed by atoms with Crippen molar-refractivity contribution in [2.75, 3.05) is 31.7 Å². The lowest BCUT2D eigenvalue weighted by molar-refractivity contribution is 0.193. The molecule has 6 nitrogen and oxygen atoms in total. The topological polar surface area (TPSA) is 56.1 Å². The normalized spacial score (nSPS) is 17.4. The van der Waals surface area contributed by atoms with Crippen molar-refractivity contribution >= 4 is 5.82 Å². The van der Waals surface area contributed by atoms with Crippen molar-refractivity contribution in [3.8, 4) is 0 Å². The summed E-state index contributed by atoms with van der Waals surface area (Å²) in [5.41, 5.74) is 3.41. The fourth-order valence-corrected chi connectivity index (χ4v) is 3.22. The zero-order chi connectivity index (χ0) is 17.1. The summed E-state index contributed by atoms with van der Waals surface area (Å²) in [6.45, 7) is 9.58. The van der Waals surface area contributed by atoms with Crippen LogP contribution in [0.5, 0.6) is 0 Å². The molecule has 6 heteroatoms. The minimum Gasteiger partial charge on any atom is -0.381 e. The average molecular weight is 329 g/mol. The van der Waals surface area contributed by atoms with Crippen LogP contribution in [0.25, 0.3) is 0 Å². The van der Waals surface area contributed by atoms with Gasteiger partial charge in [-0.1, -0.05) is 0 Å². The quantitative estimate of drug-likeness (QED) is 0.815. The van der Waals surface area contributed by atoms with Gasteiger partial charge in [0.25, 0.3) is 0 Å². The van der Waals surface area contributed by atoms with Gasteiger partial charge in [-0.15, -0.1) is 0 Å². The zero-order valence-electron chi connectivity index (χ0n) is 15.1. The van der Waals surface area contributed by atoms with Crippen molar-refractivity contribution < 1.29 is 4.74 Å². The highest BCUT2D eigenvalue weighted by atomic mass is 16.5. The van der Waals surface area contributed by atoms with Gasteiger partial charge < -0.3 is 9.64 Å². The minimum atomic E-state index is 0.411. The first-order valence-corrected chi connectivity index (χ1v) is 8.68. The molecule has 130 valence electrons. The second kappa shape index (κ2) is 7.30. The molecule has 0 aliphatic carbocycles. The molecule has 1 aliphatic heterocycles. The van der Waals surface area contributed by atoms with Crippen molar-refractivity contribution in [3.05, 3.63) is 35.0 Å². The molecule has 1 saturated heterocycles. The summed E-state index contributed by atoms with van der Waals surface area (Å²) in [4.78, 5) is 11.4. The Bertz CT molecular complexity index is 691. The van der Waals surface area contributed by atoms with Crippen LogP contribution in [0, 0.1) is 20.8 Å². The molecule has 1 atom stereocenters. The van der Waals surface area contributed by atoms with Crippen molar-refractivity contribution in [2.45, 2.75) is 46.1 Å². The molecule has 0 spiro atoms. The average Bonchev–Trinajstić information content (AvgIpc) is 3.17. The van der Waals surface area contributed by atoms with Crippen molar-refractivity contribution in [2.24, 2.45) is 0 Å². The molecule has 1 fully saturated rings. The van der Waals surface area contributed by atoms with E-state index in [0.717, 1.165) is 62.2 Å². The van der Waals surface area contributed by atoms with Gasteiger partial charge in [-0.3, -0.25) is 4.68 Å². The maximum atomic E-state index is 5.50. The molecule has 0 radical (unpaired) electrons. The maximum Gasteiger partial charge on any atom is 0.132 e. The van der Waals surface area contributed by atoms with Gasteiger partial charge in [-0.2, -0.15) is 5.10 Å². The number of rotatable bonds is 6. The van der Waals surface area contributed by atoms with Gasteiger partial charge in [0.2, 0.25) is 0 Å². The van der Waals surface area contributed by atoms with E-state index in [4.69, 9.17) is 4.74 Å². The number of nitrogens with zero attached hydrogens (tertiary/aromatic N) is 5. The molecule has 2 aromatic rings. The van der Waals surface area contributed by atoms with E-state index in [0.29, 0.717) is 5.92 Å². The maximum absolute atomic E-state index is 5.50. The monoisotopic (exact) mass is 329 g/mol. The van der Waals surface area contributed by atoms with Crippen LogP contribution in [-0.4, -0.2) is 46.6 Å². The molecular formula is C18H27N5O. The lowest BCUT2D eigenvalue weighted by Crippen LogP contribution is -2.22. The van der Waals surface area contributed by atoms with E-state index < -0.39 is 0 Å². The Morgan fingerprint density at radius 2 is 2.08 bits per heavy atom. The standard InChI is InChI=1S/C18H27N5O/c1-13-10-14(2)23(21-13)8-5-7-22(4)18-11-17(19-15(3)20-18)16-6-9-24-12-16/h10-11,16H,5-9,12H2,1-4H3/t16-/m0/s1. The zero-order valence-corrected chi connectivity index (χ0v) is 15.1. The van der Waals surface area contributed by atoms with E-state index >= 15 is 0 Å². The fraction of sp³-hybridized carbons (Fsp3) is 0.611. The summed E-state index contributed by atoms with van der Waals surface area (Å²) < 4.78 is 7.57. The van der Waals surface area contributed by atoms with Crippen LogP contribution in [0.4, 0.5) is 5.82 Å². The smallest absolute Gasteiger partial charge is 0.132 e. The van der Waals surface area contributed by atoms with E-state index in [1.54, 1.807) is 0 Å². The summed E-state index contributed by atoms with van der Waals surface area (Å²) in [6.07, 6.45) is 2.08. The van der Waals surface area contributed by atoms with Gasteiger partial charge in [-0.25, -0.2) is 9.97 Å². The lowest BCUT2D eigenvalue weighted by atomic mass is 10.0. The van der Waals surface area contributed by atoms with Gasteiger partial charge in [-0.05, 0) is 39.7 Å². The van der Waals surface area contributed by atoms with Crippen LogP contribution in [0.3, 0.4) is 0 Å². The van der Waals surface area contributed by atoms with Crippen LogP contribution in [0.2, 0.25) is 0 Å². The number of aromatic nitrogens is 4. The Kier molecular flexibility index (Phi) is 5.14. The Hall–Kier alpha value is -1.95. The summed E-state index contributed by atoms with van der Waals surface area (Å²) >= 11 is 0. The van der Waals surface area contributed by atoms with Gasteiger partial charge in [0.15, 0.2) is 0 Å². The van der Waals surface area contributed by atoms with Crippen molar-refractivity contribution in [1.29, 1.82) is 0 Å². The summed E-state index contributed by atoms with van der Waals surface area (Å²) in [5, 5.41) is 4.52. The van der Waals surface area contributed by atoms with E-state index in [9.17, 15) is 0 Å². The molecule has 2 aromatic heterocycles. The molecule has 0 unspecified atom stereocenters. The SMILES string of the molecule is Cc1cc(C)n(CCCN(C)c2cc([C@H]3CCOC3)nc(C)n2)n1. The van der Waals surface area contributed by atoms with Gasteiger partial charge in [0, 0.05) is 44.4 Å². The van der Waals surface area contributed by atoms with E-state index in [1.807, 2.05) is 13.8 Å². The van der Waals surface area contributed by atoms with E-state index in [2.05, 4.69) is 50.8 Å². The summed E-state index contributed by atoms with van der Waals surface area (Å²) in [6, 6.07) is 4.24. The minimum absolute atomic E-state index is 0.411. The number of hydrogen-bond acceptors (Lipinski definition) is 5. The van der Waals surface area contributed by atoms with Gasteiger partial charge in [0.05, 0.1) is 18.0 Å². The fourth-order valence-electron chi connectivity index (χ4n) is 3.22. The first kappa shape index (κ1) is 16.9. The molecule has 0 N–H and O–H groups in total. The largest absolute Gasteiger partial charge is 0.381 e. The Morgan fingerprint density at radius 3 is 2.75 bits per heavy atom. The van der Waals surface area contributed by atoms with E-state index in [1.165, 1.54) is 5.69 Å². The van der Waals surface area contributed by atoms with Gasteiger partial charge in [0.1, 0.15) is 11.6 Å². The Morgan fingerprint density at radius 1 is 1.25 bits per heavy atom. The second-order valence-corrected chi connectivity index (χ2v) is 6.68. The highest BCUT2D eigenvalue weighted by Gasteiger charge is 2.20. The Labute approximate surface area is 143 Å². The van der Waals surface area contributed by atoms with Crippen LogP contribution < -0.4 is 4.90 Å². The number of hydrogen-bond donors (Lipinski definition) is 0. The number of anilines is 1. The Balaban J connectivity index is 1.61. The van der Waals surface area contributed by atoms with Crippen LogP contribution in [-0.2, 0) is 11.3 Å². The third-order valence-corrected chi connectivity index (χ3v) is 4.55. The van der Waals surface area contributed by atoms with Crippen LogP contribution in [0.15, 0.2) is 12.1 Å². The van der Waals surface area contributed by atoms with E-state index in [-0.39, 0.29) is 0 Å². The number of aryl methyl sites for hydroxylation is 4. The predicted octanol–water partition coefficient (Wildman–Crippen LogP) is 2.63. The molecule has 3 heterocycles. The second-order valence-electron chi connectivity index (χ2n) is 6.68. The first-order chi connectivity index (χ1) is 11.5. The third-order valence-electron chi connectivity index (χ3n) is 4.55. The highest BCUT2D eigenvalue weighted by Crippen LogP contribution is 2.25. The lowest BCUT2D eigenvalue weighted by Gasteiger charge is -2.20. The molecule has 0 bridgehead atoms. The van der Waals surface area contributed by atoms with Crippen molar-refractivity contribution in [3.63, 3.8) is 0 Å². The molecule has 0 amide bonds. The molecular weight excluding hydrogens is 302 g/mol. The summed E-state index contributed by atoms with van der Waals surface area (Å²) in [5.74, 6) is 2.24. The van der Waals surface area contributed by atoms with Crippen LogP contribution >= 0.6 is 0 Å². The molecule has 1 aliphatic rings. The molecule has 24 heavy (non-hydrogen) atoms. The molecule has 3 rings (SSSR count).